The van der Waals surface area contributed by atoms with E-state index >= 15 is 0 Å². The number of hydrogen-bond donors (Lipinski definition) is 2. The van der Waals surface area contributed by atoms with Crippen molar-refractivity contribution in [2.24, 2.45) is 0 Å². The van der Waals surface area contributed by atoms with Crippen molar-refractivity contribution < 1.29 is 13.9 Å². The molecule has 4 heterocycles. The van der Waals surface area contributed by atoms with E-state index in [1.54, 1.807) is 48.2 Å². The van der Waals surface area contributed by atoms with Crippen LogP contribution in [0.15, 0.2) is 77.4 Å². The van der Waals surface area contributed by atoms with Crippen LogP contribution >= 0.6 is 0 Å². The molecule has 3 N–H and O–H groups in total. The molecule has 0 saturated heterocycles. The van der Waals surface area contributed by atoms with Gasteiger partial charge in [0.05, 0.1) is 13.4 Å². The number of methoxy groups -OCH3 is 1. The highest BCUT2D eigenvalue weighted by molar-refractivity contribution is 6.06. The zero-order valence-corrected chi connectivity index (χ0v) is 19.8. The van der Waals surface area contributed by atoms with Crippen LogP contribution in [0.1, 0.15) is 16.2 Å². The highest BCUT2D eigenvalue weighted by Crippen LogP contribution is 2.27. The molecule has 184 valence electrons. The maximum atomic E-state index is 13.3. The molecule has 0 spiro atoms. The highest BCUT2D eigenvalue weighted by Gasteiger charge is 2.24. The quantitative estimate of drug-likeness (QED) is 0.342. The predicted octanol–water partition coefficient (Wildman–Crippen LogP) is 3.82. The lowest BCUT2D eigenvalue weighted by molar-refractivity contribution is 0.101. The second-order valence-electron chi connectivity index (χ2n) is 8.31. The lowest BCUT2D eigenvalue weighted by Gasteiger charge is -2.07. The molecule has 0 saturated carbocycles. The van der Waals surface area contributed by atoms with E-state index in [9.17, 15) is 4.79 Å². The monoisotopic (exact) mass is 494 g/mol. The first-order chi connectivity index (χ1) is 18.1. The van der Waals surface area contributed by atoms with Gasteiger partial charge in [-0.05, 0) is 48.4 Å². The zero-order valence-electron chi connectivity index (χ0n) is 19.8. The number of nitrogen functional groups attached to an aromatic ring is 1. The lowest BCUT2D eigenvalue weighted by Crippen LogP contribution is -2.19. The van der Waals surface area contributed by atoms with Crippen LogP contribution in [0.5, 0.6) is 5.75 Å². The van der Waals surface area contributed by atoms with Gasteiger partial charge >= 0.3 is 0 Å². The van der Waals surface area contributed by atoms with Crippen LogP contribution in [0, 0.1) is 0 Å². The van der Waals surface area contributed by atoms with Gasteiger partial charge in [0, 0.05) is 12.2 Å². The largest absolute Gasteiger partial charge is 0.497 e. The van der Waals surface area contributed by atoms with Crippen LogP contribution in [0.4, 0.5) is 11.5 Å². The number of furan rings is 1. The van der Waals surface area contributed by atoms with Gasteiger partial charge in [0.25, 0.3) is 5.91 Å². The minimum atomic E-state index is -0.481. The summed E-state index contributed by atoms with van der Waals surface area (Å²) in [6, 6.07) is 20.5. The smallest absolute Gasteiger partial charge is 0.293 e. The van der Waals surface area contributed by atoms with Crippen molar-refractivity contribution in [3.05, 3.63) is 84.4 Å². The third-order valence-corrected chi connectivity index (χ3v) is 5.96. The van der Waals surface area contributed by atoms with Crippen molar-refractivity contribution in [1.82, 2.24) is 29.4 Å². The first-order valence-corrected chi connectivity index (χ1v) is 11.6. The van der Waals surface area contributed by atoms with E-state index in [0.717, 1.165) is 12.0 Å². The number of aryl methyl sites for hydroxylation is 2. The summed E-state index contributed by atoms with van der Waals surface area (Å²) in [5.74, 6) is 1.35. The Morgan fingerprint density at radius 1 is 1.03 bits per heavy atom. The SMILES string of the molecule is COc1ccc(NC(=O)c2nc3nn(CCc4ccccc4)c(N)c3c3nc(-c4ccco4)nn23)cc1. The summed E-state index contributed by atoms with van der Waals surface area (Å²) in [5.41, 5.74) is 8.90. The van der Waals surface area contributed by atoms with Gasteiger partial charge < -0.3 is 20.2 Å². The van der Waals surface area contributed by atoms with E-state index in [0.29, 0.717) is 52.1 Å². The molecule has 37 heavy (non-hydrogen) atoms. The molecule has 0 aliphatic carbocycles. The van der Waals surface area contributed by atoms with Crippen LogP contribution in [0.25, 0.3) is 28.3 Å². The predicted molar refractivity (Wildman–Crippen MR) is 137 cm³/mol. The second kappa shape index (κ2) is 9.11. The number of anilines is 2. The summed E-state index contributed by atoms with van der Waals surface area (Å²) in [4.78, 5) is 22.5. The minimum Gasteiger partial charge on any atom is -0.497 e. The Labute approximate surface area is 210 Å². The minimum absolute atomic E-state index is 0.0105. The van der Waals surface area contributed by atoms with Gasteiger partial charge in [0.2, 0.25) is 11.6 Å². The van der Waals surface area contributed by atoms with Gasteiger partial charge in [-0.3, -0.25) is 4.79 Å². The Morgan fingerprint density at radius 2 is 1.84 bits per heavy atom. The molecule has 11 nitrogen and oxygen atoms in total. The Kier molecular flexibility index (Phi) is 5.49. The van der Waals surface area contributed by atoms with Crippen molar-refractivity contribution >= 4 is 34.1 Å². The van der Waals surface area contributed by atoms with Crippen molar-refractivity contribution in [3.8, 4) is 17.3 Å². The fourth-order valence-electron chi connectivity index (χ4n) is 4.09. The molecule has 4 aromatic heterocycles. The van der Waals surface area contributed by atoms with Gasteiger partial charge in [-0.1, -0.05) is 30.3 Å². The van der Waals surface area contributed by atoms with Gasteiger partial charge in [-0.15, -0.1) is 5.10 Å². The number of rotatable bonds is 7. The third kappa shape index (κ3) is 4.12. The van der Waals surface area contributed by atoms with Crippen molar-refractivity contribution in [2.75, 3.05) is 18.2 Å². The highest BCUT2D eigenvalue weighted by atomic mass is 16.5. The molecule has 0 bridgehead atoms. The van der Waals surface area contributed by atoms with E-state index in [2.05, 4.69) is 25.5 Å². The number of carbonyl (C=O) groups is 1. The number of fused-ring (bicyclic) bond motifs is 3. The molecule has 6 aromatic rings. The third-order valence-electron chi connectivity index (χ3n) is 5.96. The van der Waals surface area contributed by atoms with Crippen molar-refractivity contribution in [1.29, 1.82) is 0 Å². The van der Waals surface area contributed by atoms with Gasteiger partial charge in [-0.2, -0.15) is 9.61 Å². The molecule has 1 amide bonds. The van der Waals surface area contributed by atoms with Crippen LogP contribution in [0.2, 0.25) is 0 Å². The number of ether oxygens (including phenoxy) is 1. The molecule has 2 aromatic carbocycles. The summed E-state index contributed by atoms with van der Waals surface area (Å²) in [6.07, 6.45) is 2.26. The molecule has 0 radical (unpaired) electrons. The number of amides is 1. The molecule has 0 aliphatic rings. The Hall–Kier alpha value is -5.19. The van der Waals surface area contributed by atoms with Crippen LogP contribution in [0.3, 0.4) is 0 Å². The Bertz CT molecular complexity index is 1700. The molecule has 0 aliphatic heterocycles. The summed E-state index contributed by atoms with van der Waals surface area (Å²) in [7, 11) is 1.58. The van der Waals surface area contributed by atoms with Crippen molar-refractivity contribution in [3.63, 3.8) is 0 Å². The second-order valence-corrected chi connectivity index (χ2v) is 8.31. The van der Waals surface area contributed by atoms with E-state index in [1.807, 2.05) is 30.3 Å². The van der Waals surface area contributed by atoms with Crippen LogP contribution in [-0.2, 0) is 13.0 Å². The Balaban J connectivity index is 1.44. The lowest BCUT2D eigenvalue weighted by atomic mass is 10.1. The first kappa shape index (κ1) is 22.3. The number of benzene rings is 2. The van der Waals surface area contributed by atoms with E-state index in [-0.39, 0.29) is 5.82 Å². The molecular formula is C26H22N8O3. The van der Waals surface area contributed by atoms with Gasteiger partial charge in [-0.25, -0.2) is 14.6 Å². The van der Waals surface area contributed by atoms with Gasteiger partial charge in [0.15, 0.2) is 17.1 Å². The normalized spacial score (nSPS) is 11.3. The number of hydrogen-bond acceptors (Lipinski definition) is 8. The number of aromatic nitrogens is 6. The molecule has 0 unspecified atom stereocenters. The van der Waals surface area contributed by atoms with Crippen LogP contribution < -0.4 is 15.8 Å². The average molecular weight is 495 g/mol. The molecular weight excluding hydrogens is 472 g/mol. The summed E-state index contributed by atoms with van der Waals surface area (Å²) >= 11 is 0. The number of carbonyl (C=O) groups excluding carboxylic acids is 1. The topological polar surface area (TPSA) is 138 Å². The van der Waals surface area contributed by atoms with Crippen LogP contribution in [-0.4, -0.2) is 42.4 Å². The summed E-state index contributed by atoms with van der Waals surface area (Å²) < 4.78 is 13.7. The maximum Gasteiger partial charge on any atom is 0.293 e. The zero-order chi connectivity index (χ0) is 25.4. The Morgan fingerprint density at radius 3 is 2.57 bits per heavy atom. The molecule has 0 atom stereocenters. The summed E-state index contributed by atoms with van der Waals surface area (Å²) in [5, 5.41) is 12.5. The standard InChI is InChI=1S/C26H22N8O3/c1-36-18-11-9-17(10-12-18)28-26(35)25-30-23-20(24-29-22(32-34(24)25)19-8-5-15-37-19)21(27)33(31-23)14-13-16-6-3-2-4-7-16/h2-12,15H,13-14,27H2,1H3,(H,28,35). The maximum absolute atomic E-state index is 13.3. The van der Waals surface area contributed by atoms with E-state index in [1.165, 1.54) is 10.8 Å². The molecule has 11 heteroatoms. The van der Waals surface area contributed by atoms with Crippen molar-refractivity contribution in [2.45, 2.75) is 13.0 Å². The average Bonchev–Trinajstić information content (AvgIpc) is 3.67. The number of nitrogens with zero attached hydrogens (tertiary/aromatic N) is 6. The summed E-state index contributed by atoms with van der Waals surface area (Å²) in [6.45, 7) is 0.533. The first-order valence-electron chi connectivity index (χ1n) is 11.6. The molecule has 0 fully saturated rings. The van der Waals surface area contributed by atoms with E-state index in [4.69, 9.17) is 14.9 Å². The fourth-order valence-corrected chi connectivity index (χ4v) is 4.09. The number of nitrogens with one attached hydrogen (secondary N) is 1. The number of nitrogens with two attached hydrogens (primary N) is 1. The molecule has 6 rings (SSSR count). The fraction of sp³-hybridized carbons (Fsp3) is 0.115. The van der Waals surface area contributed by atoms with E-state index < -0.39 is 5.91 Å². The van der Waals surface area contributed by atoms with Gasteiger partial charge in [0.1, 0.15) is 17.0 Å².